The van der Waals surface area contributed by atoms with Crippen molar-refractivity contribution in [1.82, 2.24) is 15.4 Å². The fourth-order valence-electron chi connectivity index (χ4n) is 5.70. The molecular weight excluding hydrogens is 498 g/mol. The van der Waals surface area contributed by atoms with Crippen LogP contribution >= 0.6 is 23.4 Å². The molecule has 0 bridgehead atoms. The van der Waals surface area contributed by atoms with Crippen LogP contribution in [0.2, 0.25) is 5.02 Å². The molecule has 1 saturated heterocycles. The van der Waals surface area contributed by atoms with Gasteiger partial charge in [0, 0.05) is 22.4 Å². The maximum absolute atomic E-state index is 12.8. The quantitative estimate of drug-likeness (QED) is 0.202. The highest BCUT2D eigenvalue weighted by Crippen LogP contribution is 2.41. The van der Waals surface area contributed by atoms with Crippen LogP contribution in [-0.2, 0) is 4.79 Å². The Labute approximate surface area is 222 Å². The van der Waals surface area contributed by atoms with E-state index in [4.69, 9.17) is 16.3 Å². The summed E-state index contributed by atoms with van der Waals surface area (Å²) in [6.45, 7) is 2.67. The van der Waals surface area contributed by atoms with Crippen LogP contribution < -0.4 is 10.2 Å². The zero-order chi connectivity index (χ0) is 25.5. The number of benzene rings is 1. The van der Waals surface area contributed by atoms with Crippen LogP contribution in [0, 0.1) is 5.41 Å². The van der Waals surface area contributed by atoms with E-state index in [9.17, 15) is 15.1 Å². The Morgan fingerprint density at radius 2 is 2.08 bits per heavy atom. The standard InChI is InChI=1S/C27H38ClN3O4S/c1-35-19-7-8-23-21(17-19)25(22(28)18-29-23)24(32)9-10-27(26(33)30-34)11-14-31(15-12-27)13-4-16-36-20-5-2-3-6-20/h7-8,17-18,20,24,32,34H,2-6,9-16H2,1H3,(H,30,33). The van der Waals surface area contributed by atoms with Gasteiger partial charge in [-0.3, -0.25) is 15.0 Å². The third-order valence-corrected chi connectivity index (χ3v) is 9.74. The van der Waals surface area contributed by atoms with Gasteiger partial charge in [-0.2, -0.15) is 11.8 Å². The lowest BCUT2D eigenvalue weighted by Crippen LogP contribution is -2.48. The molecule has 0 spiro atoms. The van der Waals surface area contributed by atoms with Crippen LogP contribution in [-0.4, -0.2) is 63.9 Å². The molecule has 1 aromatic carbocycles. The molecule has 0 radical (unpaired) electrons. The number of aliphatic hydroxyl groups excluding tert-OH is 1. The number of aromatic nitrogens is 1. The lowest BCUT2D eigenvalue weighted by molar-refractivity contribution is -0.143. The van der Waals surface area contributed by atoms with Crippen molar-refractivity contribution in [3.63, 3.8) is 0 Å². The number of fused-ring (bicyclic) bond motifs is 1. The minimum absolute atomic E-state index is 0.349. The van der Waals surface area contributed by atoms with Gasteiger partial charge in [-0.05, 0) is 88.5 Å². The van der Waals surface area contributed by atoms with Gasteiger partial charge in [0.15, 0.2) is 0 Å². The molecule has 2 aliphatic rings. The fraction of sp³-hybridized carbons (Fsp3) is 0.630. The molecule has 1 saturated carbocycles. The Hall–Kier alpha value is -1.58. The molecule has 4 rings (SSSR count). The number of piperidine rings is 1. The molecule has 36 heavy (non-hydrogen) atoms. The Balaban J connectivity index is 1.36. The van der Waals surface area contributed by atoms with E-state index in [-0.39, 0.29) is 5.91 Å². The zero-order valence-corrected chi connectivity index (χ0v) is 22.6. The predicted octanol–water partition coefficient (Wildman–Crippen LogP) is 5.36. The summed E-state index contributed by atoms with van der Waals surface area (Å²) in [7, 11) is 1.59. The number of rotatable bonds is 11. The highest BCUT2D eigenvalue weighted by atomic mass is 35.5. The third-order valence-electron chi connectivity index (χ3n) is 7.97. The molecule has 2 heterocycles. The largest absolute Gasteiger partial charge is 0.497 e. The molecule has 1 amide bonds. The van der Waals surface area contributed by atoms with Gasteiger partial charge in [0.2, 0.25) is 5.91 Å². The molecule has 2 aromatic rings. The van der Waals surface area contributed by atoms with Crippen LogP contribution in [0.25, 0.3) is 10.9 Å². The number of pyridine rings is 1. The number of halogens is 1. The molecule has 7 nitrogen and oxygen atoms in total. The van der Waals surface area contributed by atoms with Crippen molar-refractivity contribution in [1.29, 1.82) is 0 Å². The van der Waals surface area contributed by atoms with Crippen LogP contribution in [0.15, 0.2) is 24.4 Å². The molecular formula is C27H38ClN3O4S. The maximum Gasteiger partial charge on any atom is 0.249 e. The molecule has 1 aliphatic heterocycles. The van der Waals surface area contributed by atoms with Crippen molar-refractivity contribution >= 4 is 40.2 Å². The number of ether oxygens (including phenoxy) is 1. The van der Waals surface area contributed by atoms with Crippen molar-refractivity contribution in [3.8, 4) is 5.75 Å². The molecule has 9 heteroatoms. The normalized spacial score (nSPS) is 19.4. The van der Waals surface area contributed by atoms with Gasteiger partial charge in [0.05, 0.1) is 29.2 Å². The van der Waals surface area contributed by atoms with E-state index in [1.54, 1.807) is 13.3 Å². The van der Waals surface area contributed by atoms with Crippen LogP contribution in [0.4, 0.5) is 0 Å². The first-order valence-corrected chi connectivity index (χ1v) is 14.5. The van der Waals surface area contributed by atoms with Crippen LogP contribution in [0.3, 0.4) is 0 Å². The van der Waals surface area contributed by atoms with Gasteiger partial charge >= 0.3 is 0 Å². The van der Waals surface area contributed by atoms with Crippen molar-refractivity contribution in [2.24, 2.45) is 5.41 Å². The summed E-state index contributed by atoms with van der Waals surface area (Å²) in [5.41, 5.74) is 2.50. The van der Waals surface area contributed by atoms with Crippen molar-refractivity contribution in [3.05, 3.63) is 35.0 Å². The number of likely N-dealkylation sites (tertiary alicyclic amines) is 1. The Kier molecular flexibility index (Phi) is 9.75. The number of hydrogen-bond acceptors (Lipinski definition) is 7. The van der Waals surface area contributed by atoms with Crippen molar-refractivity contribution in [2.45, 2.75) is 69.1 Å². The molecule has 1 atom stereocenters. The highest BCUT2D eigenvalue weighted by molar-refractivity contribution is 7.99. The van der Waals surface area contributed by atoms with E-state index < -0.39 is 11.5 Å². The predicted molar refractivity (Wildman–Crippen MR) is 145 cm³/mol. The maximum atomic E-state index is 12.8. The number of aliphatic hydroxyl groups is 1. The number of methoxy groups -OCH3 is 1. The van der Waals surface area contributed by atoms with E-state index in [1.807, 2.05) is 23.7 Å². The number of nitrogens with zero attached hydrogens (tertiary/aromatic N) is 2. The van der Waals surface area contributed by atoms with Gasteiger partial charge in [-0.1, -0.05) is 24.4 Å². The molecule has 3 N–H and O–H groups in total. The minimum atomic E-state index is -0.871. The van der Waals surface area contributed by atoms with Gasteiger partial charge in [-0.25, -0.2) is 5.48 Å². The van der Waals surface area contributed by atoms with Gasteiger partial charge in [0.1, 0.15) is 5.75 Å². The van der Waals surface area contributed by atoms with E-state index in [1.165, 1.54) is 31.4 Å². The van der Waals surface area contributed by atoms with Crippen LogP contribution in [0.1, 0.15) is 69.5 Å². The Morgan fingerprint density at radius 3 is 2.78 bits per heavy atom. The van der Waals surface area contributed by atoms with E-state index >= 15 is 0 Å². The average molecular weight is 536 g/mol. The number of amides is 1. The summed E-state index contributed by atoms with van der Waals surface area (Å²) in [6, 6.07) is 5.48. The van der Waals surface area contributed by atoms with Gasteiger partial charge < -0.3 is 14.7 Å². The minimum Gasteiger partial charge on any atom is -0.497 e. The van der Waals surface area contributed by atoms with E-state index in [0.29, 0.717) is 42.0 Å². The second-order valence-corrected chi connectivity index (χ2v) is 12.0. The summed E-state index contributed by atoms with van der Waals surface area (Å²) in [4.78, 5) is 19.6. The zero-order valence-electron chi connectivity index (χ0n) is 21.0. The molecule has 1 aromatic heterocycles. The van der Waals surface area contributed by atoms with E-state index in [0.717, 1.165) is 42.2 Å². The highest BCUT2D eigenvalue weighted by Gasteiger charge is 2.41. The first kappa shape index (κ1) is 27.5. The summed E-state index contributed by atoms with van der Waals surface area (Å²) in [5.74, 6) is 1.49. The van der Waals surface area contributed by atoms with E-state index in [2.05, 4.69) is 21.6 Å². The first-order chi connectivity index (χ1) is 17.5. The number of nitrogens with one attached hydrogen (secondary N) is 1. The van der Waals surface area contributed by atoms with Crippen molar-refractivity contribution < 1.29 is 19.8 Å². The lowest BCUT2D eigenvalue weighted by Gasteiger charge is -2.40. The van der Waals surface area contributed by atoms with Crippen LogP contribution in [0.5, 0.6) is 5.75 Å². The summed E-state index contributed by atoms with van der Waals surface area (Å²) in [5, 5.41) is 22.7. The number of hydroxylamine groups is 1. The Morgan fingerprint density at radius 1 is 1.33 bits per heavy atom. The topological polar surface area (TPSA) is 94.9 Å². The second-order valence-electron chi connectivity index (χ2n) is 10.2. The molecule has 2 fully saturated rings. The fourth-order valence-corrected chi connectivity index (χ4v) is 7.27. The number of carbonyl (C=O) groups is 1. The molecule has 1 unspecified atom stereocenters. The first-order valence-electron chi connectivity index (χ1n) is 13.0. The van der Waals surface area contributed by atoms with Crippen molar-refractivity contribution in [2.75, 3.05) is 32.5 Å². The number of hydrogen-bond donors (Lipinski definition) is 3. The molecule has 1 aliphatic carbocycles. The average Bonchev–Trinajstić information content (AvgIpc) is 3.43. The number of thioether (sulfide) groups is 1. The third kappa shape index (κ3) is 6.45. The molecule has 198 valence electrons. The van der Waals surface area contributed by atoms with Gasteiger partial charge in [0.25, 0.3) is 0 Å². The summed E-state index contributed by atoms with van der Waals surface area (Å²) >= 11 is 8.59. The second kappa shape index (κ2) is 12.8. The smallest absolute Gasteiger partial charge is 0.249 e. The summed E-state index contributed by atoms with van der Waals surface area (Å²) in [6.07, 6.45) is 9.45. The summed E-state index contributed by atoms with van der Waals surface area (Å²) < 4.78 is 5.35. The lowest BCUT2D eigenvalue weighted by atomic mass is 9.73. The SMILES string of the molecule is COc1ccc2ncc(Cl)c(C(O)CCC3(C(=O)NO)CCN(CCCSC4CCCC4)CC3)c2c1. The number of carbonyl (C=O) groups excluding carboxylic acids is 1. The monoisotopic (exact) mass is 535 g/mol. The Bertz CT molecular complexity index is 1030. The van der Waals surface area contributed by atoms with Gasteiger partial charge in [-0.15, -0.1) is 0 Å².